The number of rotatable bonds is 3. The smallest absolute Gasteiger partial charge is 0.232 e. The van der Waals surface area contributed by atoms with E-state index in [9.17, 15) is 4.79 Å². The molecule has 104 valence electrons. The molecule has 18 heavy (non-hydrogen) atoms. The van der Waals surface area contributed by atoms with E-state index in [1.54, 1.807) is 0 Å². The summed E-state index contributed by atoms with van der Waals surface area (Å²) in [7, 11) is 0. The average molecular weight is 271 g/mol. The van der Waals surface area contributed by atoms with Crippen LogP contribution < -0.4 is 5.73 Å². The van der Waals surface area contributed by atoms with Gasteiger partial charge in [-0.1, -0.05) is 19.1 Å². The first kappa shape index (κ1) is 15.4. The largest absolute Gasteiger partial charge is 0.393 e. The summed E-state index contributed by atoms with van der Waals surface area (Å²) < 4.78 is 0. The summed E-state index contributed by atoms with van der Waals surface area (Å²) in [6, 6.07) is 0. The Morgan fingerprint density at radius 1 is 1.28 bits per heavy atom. The van der Waals surface area contributed by atoms with E-state index in [-0.39, 0.29) is 17.4 Å². The van der Waals surface area contributed by atoms with Gasteiger partial charge in [0.25, 0.3) is 0 Å². The van der Waals surface area contributed by atoms with Gasteiger partial charge in [0.05, 0.1) is 10.9 Å². The van der Waals surface area contributed by atoms with Crippen LogP contribution in [0.2, 0.25) is 0 Å². The summed E-state index contributed by atoms with van der Waals surface area (Å²) in [6.07, 6.45) is 0.688. The SMILES string of the molecule is CCC(C(=O)N1CCN(C(C)(C)C)CC1)C(N)=S. The van der Waals surface area contributed by atoms with Crippen LogP contribution in [0.15, 0.2) is 0 Å². The van der Waals surface area contributed by atoms with Gasteiger partial charge in [-0.2, -0.15) is 0 Å². The summed E-state index contributed by atoms with van der Waals surface area (Å²) in [5.74, 6) is -0.195. The molecular weight excluding hydrogens is 246 g/mol. The summed E-state index contributed by atoms with van der Waals surface area (Å²) in [5.41, 5.74) is 5.79. The van der Waals surface area contributed by atoms with Crippen LogP contribution in [0.25, 0.3) is 0 Å². The number of carbonyl (C=O) groups is 1. The first-order chi connectivity index (χ1) is 8.27. The number of piperazine rings is 1. The summed E-state index contributed by atoms with van der Waals surface area (Å²) in [4.78, 5) is 16.9. The fourth-order valence-electron chi connectivity index (χ4n) is 2.32. The Bertz CT molecular complexity index is 317. The number of nitrogens with two attached hydrogens (primary N) is 1. The lowest BCUT2D eigenvalue weighted by Gasteiger charge is -2.42. The lowest BCUT2D eigenvalue weighted by molar-refractivity contribution is -0.135. The zero-order chi connectivity index (χ0) is 13.9. The Kier molecular flexibility index (Phi) is 5.10. The van der Waals surface area contributed by atoms with E-state index >= 15 is 0 Å². The van der Waals surface area contributed by atoms with E-state index in [4.69, 9.17) is 18.0 Å². The number of amides is 1. The van der Waals surface area contributed by atoms with Crippen LogP contribution in [-0.2, 0) is 4.79 Å². The van der Waals surface area contributed by atoms with Crippen molar-refractivity contribution in [3.05, 3.63) is 0 Å². The zero-order valence-corrected chi connectivity index (χ0v) is 12.7. The molecule has 5 heteroatoms. The predicted octanol–water partition coefficient (Wildman–Crippen LogP) is 1.24. The molecule has 1 rings (SSSR count). The lowest BCUT2D eigenvalue weighted by atomic mass is 10.0. The topological polar surface area (TPSA) is 49.6 Å². The molecule has 1 atom stereocenters. The van der Waals surface area contributed by atoms with E-state index in [1.165, 1.54) is 0 Å². The van der Waals surface area contributed by atoms with Gasteiger partial charge in [0, 0.05) is 31.7 Å². The molecule has 1 heterocycles. The Hall–Kier alpha value is -0.680. The van der Waals surface area contributed by atoms with Crippen LogP contribution in [0.5, 0.6) is 0 Å². The minimum absolute atomic E-state index is 0.0959. The van der Waals surface area contributed by atoms with Crippen molar-refractivity contribution in [2.45, 2.75) is 39.7 Å². The van der Waals surface area contributed by atoms with Crippen molar-refractivity contribution in [1.82, 2.24) is 9.80 Å². The van der Waals surface area contributed by atoms with E-state index < -0.39 is 0 Å². The predicted molar refractivity (Wildman–Crippen MR) is 78.5 cm³/mol. The Balaban J connectivity index is 2.58. The standard InChI is InChI=1S/C13H25N3OS/c1-5-10(11(14)18)12(17)15-6-8-16(9-7-15)13(2,3)4/h10H,5-9H2,1-4H3,(H2,14,18). The van der Waals surface area contributed by atoms with E-state index in [0.29, 0.717) is 11.4 Å². The van der Waals surface area contributed by atoms with Crippen molar-refractivity contribution in [1.29, 1.82) is 0 Å². The highest BCUT2D eigenvalue weighted by atomic mass is 32.1. The molecule has 1 aliphatic heterocycles. The normalized spacial score (nSPS) is 19.7. The first-order valence-electron chi connectivity index (χ1n) is 6.60. The highest BCUT2D eigenvalue weighted by Gasteiger charge is 2.31. The molecule has 4 nitrogen and oxygen atoms in total. The average Bonchev–Trinajstić information content (AvgIpc) is 2.28. The minimum Gasteiger partial charge on any atom is -0.393 e. The number of thiocarbonyl (C=S) groups is 1. The second kappa shape index (κ2) is 5.97. The van der Waals surface area contributed by atoms with Crippen molar-refractivity contribution in [3.63, 3.8) is 0 Å². The molecule has 1 fully saturated rings. The summed E-state index contributed by atoms with van der Waals surface area (Å²) in [6.45, 7) is 11.9. The van der Waals surface area contributed by atoms with Crippen LogP contribution >= 0.6 is 12.2 Å². The molecule has 1 saturated heterocycles. The molecule has 0 aliphatic carbocycles. The first-order valence-corrected chi connectivity index (χ1v) is 7.01. The van der Waals surface area contributed by atoms with Gasteiger partial charge in [-0.05, 0) is 27.2 Å². The van der Waals surface area contributed by atoms with Crippen molar-refractivity contribution >= 4 is 23.1 Å². The van der Waals surface area contributed by atoms with Crippen molar-refractivity contribution in [2.75, 3.05) is 26.2 Å². The quantitative estimate of drug-likeness (QED) is 0.785. The third-order valence-corrected chi connectivity index (χ3v) is 3.87. The maximum Gasteiger partial charge on any atom is 0.232 e. The molecule has 0 aromatic rings. The molecule has 2 N–H and O–H groups in total. The van der Waals surface area contributed by atoms with Crippen LogP contribution in [-0.4, -0.2) is 52.4 Å². The van der Waals surface area contributed by atoms with Crippen LogP contribution in [0.4, 0.5) is 0 Å². The summed E-state index contributed by atoms with van der Waals surface area (Å²) in [5, 5.41) is 0. The van der Waals surface area contributed by atoms with Crippen LogP contribution in [0.3, 0.4) is 0 Å². The van der Waals surface area contributed by atoms with Gasteiger partial charge in [-0.15, -0.1) is 0 Å². The second-order valence-electron chi connectivity index (χ2n) is 5.85. The lowest BCUT2D eigenvalue weighted by Crippen LogP contribution is -2.56. The van der Waals surface area contributed by atoms with Gasteiger partial charge in [-0.3, -0.25) is 9.69 Å². The molecule has 1 aliphatic rings. The Labute approximate surface area is 115 Å². The highest BCUT2D eigenvalue weighted by molar-refractivity contribution is 7.80. The maximum absolute atomic E-state index is 12.3. The molecule has 0 aromatic carbocycles. The Morgan fingerprint density at radius 3 is 2.11 bits per heavy atom. The number of nitrogens with zero attached hydrogens (tertiary/aromatic N) is 2. The van der Waals surface area contributed by atoms with E-state index in [2.05, 4.69) is 25.7 Å². The zero-order valence-electron chi connectivity index (χ0n) is 11.9. The molecular formula is C13H25N3OS. The fraction of sp³-hybridized carbons (Fsp3) is 0.846. The van der Waals surface area contributed by atoms with Crippen molar-refractivity contribution in [3.8, 4) is 0 Å². The van der Waals surface area contributed by atoms with Gasteiger partial charge < -0.3 is 10.6 Å². The molecule has 0 radical (unpaired) electrons. The van der Waals surface area contributed by atoms with E-state index in [1.807, 2.05) is 11.8 Å². The molecule has 0 aromatic heterocycles. The number of hydrogen-bond acceptors (Lipinski definition) is 3. The Morgan fingerprint density at radius 2 is 1.78 bits per heavy atom. The maximum atomic E-state index is 12.3. The van der Waals surface area contributed by atoms with Gasteiger partial charge >= 0.3 is 0 Å². The molecule has 1 unspecified atom stereocenters. The monoisotopic (exact) mass is 271 g/mol. The van der Waals surface area contributed by atoms with Gasteiger partial charge in [-0.25, -0.2) is 0 Å². The number of carbonyl (C=O) groups excluding carboxylic acids is 1. The van der Waals surface area contributed by atoms with Crippen LogP contribution in [0.1, 0.15) is 34.1 Å². The van der Waals surface area contributed by atoms with Gasteiger partial charge in [0.2, 0.25) is 5.91 Å². The van der Waals surface area contributed by atoms with Gasteiger partial charge in [0.15, 0.2) is 0 Å². The van der Waals surface area contributed by atoms with Crippen molar-refractivity contribution < 1.29 is 4.79 Å². The van der Waals surface area contributed by atoms with E-state index in [0.717, 1.165) is 26.2 Å². The van der Waals surface area contributed by atoms with Crippen molar-refractivity contribution in [2.24, 2.45) is 11.7 Å². The molecule has 0 bridgehead atoms. The highest BCUT2D eigenvalue weighted by Crippen LogP contribution is 2.17. The summed E-state index contributed by atoms with van der Waals surface area (Å²) >= 11 is 4.96. The minimum atomic E-state index is -0.291. The number of hydrogen-bond donors (Lipinski definition) is 1. The third kappa shape index (κ3) is 3.65. The molecule has 0 saturated carbocycles. The third-order valence-electron chi connectivity index (χ3n) is 3.59. The molecule has 0 spiro atoms. The second-order valence-corrected chi connectivity index (χ2v) is 6.32. The fourth-order valence-corrected chi connectivity index (χ4v) is 2.58. The molecule has 1 amide bonds. The van der Waals surface area contributed by atoms with Gasteiger partial charge in [0.1, 0.15) is 0 Å². The van der Waals surface area contributed by atoms with Crippen LogP contribution in [0, 0.1) is 5.92 Å².